The lowest BCUT2D eigenvalue weighted by atomic mass is 10.1. The van der Waals surface area contributed by atoms with Crippen molar-refractivity contribution in [1.29, 1.82) is 0 Å². The Balaban J connectivity index is 2.16. The topological polar surface area (TPSA) is 128 Å². The molecule has 0 bridgehead atoms. The van der Waals surface area contributed by atoms with E-state index in [1.807, 2.05) is 0 Å². The van der Waals surface area contributed by atoms with Crippen LogP contribution < -0.4 is 15.4 Å². The molecule has 0 spiro atoms. The lowest BCUT2D eigenvalue weighted by Crippen LogP contribution is -2.40. The van der Waals surface area contributed by atoms with Crippen LogP contribution in [0.5, 0.6) is 5.75 Å². The average Bonchev–Trinajstić information content (AvgIpc) is 2.98. The molecule has 2 aromatic rings. The van der Waals surface area contributed by atoms with Gasteiger partial charge < -0.3 is 20.8 Å². The van der Waals surface area contributed by atoms with Gasteiger partial charge in [0, 0.05) is 11.4 Å². The standard InChI is InChI=1S/C16H19Cl2N3O5S2/c1-8(2)11(6-22)21-28(25,26)15-14(23)12(7-27-15)20-16(24)19-10-5-3-4-9(17)13(10)18/h3-5,7-8,11,21-23H,6H2,1-2H3,(H2,19,20,24). The monoisotopic (exact) mass is 467 g/mol. The molecule has 2 rings (SSSR count). The van der Waals surface area contributed by atoms with Crippen LogP contribution in [0.25, 0.3) is 0 Å². The predicted octanol–water partition coefficient (Wildman–Crippen LogP) is 3.70. The Hall–Kier alpha value is -1.56. The Morgan fingerprint density at radius 2 is 1.86 bits per heavy atom. The quantitative estimate of drug-likeness (QED) is 0.424. The zero-order valence-corrected chi connectivity index (χ0v) is 18.0. The highest BCUT2D eigenvalue weighted by atomic mass is 35.5. The molecular weight excluding hydrogens is 449 g/mol. The van der Waals surface area contributed by atoms with Crippen molar-refractivity contribution < 1.29 is 23.4 Å². The first-order valence-electron chi connectivity index (χ1n) is 8.02. The third-order valence-corrected chi connectivity index (χ3v) is 7.55. The Bertz CT molecular complexity index is 963. The molecule has 12 heteroatoms. The summed E-state index contributed by atoms with van der Waals surface area (Å²) in [5.74, 6) is -0.766. The van der Waals surface area contributed by atoms with Crippen LogP contribution in [0.2, 0.25) is 10.0 Å². The summed E-state index contributed by atoms with van der Waals surface area (Å²) in [6.07, 6.45) is 0. The fourth-order valence-corrected chi connectivity index (χ4v) is 5.10. The minimum absolute atomic E-state index is 0.0916. The second-order valence-corrected chi connectivity index (χ2v) is 9.69. The molecule has 2 amide bonds. The lowest BCUT2D eigenvalue weighted by Gasteiger charge is -2.19. The molecule has 1 unspecified atom stereocenters. The Kier molecular flexibility index (Phi) is 7.54. The molecule has 0 aliphatic carbocycles. The maximum absolute atomic E-state index is 12.5. The number of carbonyl (C=O) groups excluding carboxylic acids is 1. The van der Waals surface area contributed by atoms with Crippen LogP contribution in [-0.4, -0.2) is 37.3 Å². The highest BCUT2D eigenvalue weighted by Crippen LogP contribution is 2.38. The number of hydrogen-bond donors (Lipinski definition) is 5. The number of rotatable bonds is 7. The van der Waals surface area contributed by atoms with Crippen LogP contribution in [0.4, 0.5) is 16.2 Å². The number of carbonyl (C=O) groups is 1. The molecule has 0 fully saturated rings. The highest BCUT2D eigenvalue weighted by Gasteiger charge is 2.28. The third kappa shape index (κ3) is 5.28. The van der Waals surface area contributed by atoms with Gasteiger partial charge in [0.25, 0.3) is 10.0 Å². The summed E-state index contributed by atoms with van der Waals surface area (Å²) in [6, 6.07) is 3.22. The van der Waals surface area contributed by atoms with Gasteiger partial charge in [-0.25, -0.2) is 17.9 Å². The lowest BCUT2D eigenvalue weighted by molar-refractivity contribution is 0.227. The van der Waals surface area contributed by atoms with Crippen molar-refractivity contribution in [1.82, 2.24) is 4.72 Å². The summed E-state index contributed by atoms with van der Waals surface area (Å²) in [5, 5.41) is 26.0. The van der Waals surface area contributed by atoms with Crippen molar-refractivity contribution in [3.8, 4) is 5.75 Å². The summed E-state index contributed by atoms with van der Waals surface area (Å²) in [7, 11) is -4.09. The molecule has 8 nitrogen and oxygen atoms in total. The second kappa shape index (κ2) is 9.29. The van der Waals surface area contributed by atoms with Crippen molar-refractivity contribution in [2.75, 3.05) is 17.2 Å². The van der Waals surface area contributed by atoms with Gasteiger partial charge in [-0.2, -0.15) is 0 Å². The first-order valence-corrected chi connectivity index (χ1v) is 11.1. The SMILES string of the molecule is CC(C)C(CO)NS(=O)(=O)c1scc(NC(=O)Nc2cccc(Cl)c2Cl)c1O. The van der Waals surface area contributed by atoms with Gasteiger partial charge in [-0.05, 0) is 18.1 Å². The van der Waals surface area contributed by atoms with E-state index in [-0.39, 0.29) is 31.5 Å². The number of halogens is 2. The molecule has 0 aliphatic rings. The smallest absolute Gasteiger partial charge is 0.323 e. The molecule has 1 heterocycles. The first-order chi connectivity index (χ1) is 13.1. The van der Waals surface area contributed by atoms with Gasteiger partial charge in [0.2, 0.25) is 0 Å². The number of amides is 2. The largest absolute Gasteiger partial charge is 0.504 e. The summed E-state index contributed by atoms with van der Waals surface area (Å²) >= 11 is 12.6. The van der Waals surface area contributed by atoms with Gasteiger partial charge in [-0.15, -0.1) is 11.3 Å². The van der Waals surface area contributed by atoms with E-state index in [2.05, 4.69) is 15.4 Å². The number of anilines is 2. The second-order valence-electron chi connectivity index (χ2n) is 6.12. The van der Waals surface area contributed by atoms with Crippen LogP contribution in [0.15, 0.2) is 27.8 Å². The summed E-state index contributed by atoms with van der Waals surface area (Å²) in [6.45, 7) is 3.10. The number of benzene rings is 1. The molecule has 0 radical (unpaired) electrons. The number of aliphatic hydroxyl groups is 1. The molecule has 0 saturated carbocycles. The number of thiophene rings is 1. The number of nitrogens with one attached hydrogen (secondary N) is 3. The van der Waals surface area contributed by atoms with Crippen LogP contribution >= 0.6 is 34.5 Å². The first kappa shape index (κ1) is 22.7. The van der Waals surface area contributed by atoms with Gasteiger partial charge in [0.15, 0.2) is 9.96 Å². The van der Waals surface area contributed by atoms with Crippen LogP contribution in [0.1, 0.15) is 13.8 Å². The van der Waals surface area contributed by atoms with Crippen molar-refractivity contribution >= 4 is 62.0 Å². The number of aromatic hydroxyl groups is 1. The molecule has 1 atom stereocenters. The molecule has 0 aliphatic heterocycles. The fraction of sp³-hybridized carbons (Fsp3) is 0.312. The maximum atomic E-state index is 12.5. The van der Waals surface area contributed by atoms with Gasteiger partial charge in [0.05, 0.1) is 28.0 Å². The fourth-order valence-electron chi connectivity index (χ4n) is 2.13. The number of urea groups is 1. The van der Waals surface area contributed by atoms with Crippen molar-refractivity contribution in [2.24, 2.45) is 5.92 Å². The number of sulfonamides is 1. The van der Waals surface area contributed by atoms with E-state index in [9.17, 15) is 23.4 Å². The minimum Gasteiger partial charge on any atom is -0.504 e. The molecule has 1 aromatic carbocycles. The van der Waals surface area contributed by atoms with Gasteiger partial charge in [-0.1, -0.05) is 43.1 Å². The van der Waals surface area contributed by atoms with E-state index >= 15 is 0 Å². The maximum Gasteiger partial charge on any atom is 0.323 e. The van der Waals surface area contributed by atoms with E-state index in [0.29, 0.717) is 0 Å². The zero-order valence-electron chi connectivity index (χ0n) is 14.9. The van der Waals surface area contributed by atoms with Crippen LogP contribution in [-0.2, 0) is 10.0 Å². The summed E-state index contributed by atoms with van der Waals surface area (Å²) in [5.41, 5.74) is 0.157. The van der Waals surface area contributed by atoms with Gasteiger partial charge >= 0.3 is 6.03 Å². The molecule has 1 aromatic heterocycles. The molecule has 0 saturated heterocycles. The van der Waals surface area contributed by atoms with Crippen LogP contribution in [0, 0.1) is 5.92 Å². The van der Waals surface area contributed by atoms with E-state index < -0.39 is 34.5 Å². The molecule has 5 N–H and O–H groups in total. The van der Waals surface area contributed by atoms with E-state index in [1.165, 1.54) is 11.4 Å². The van der Waals surface area contributed by atoms with Gasteiger partial charge in [0.1, 0.15) is 0 Å². The van der Waals surface area contributed by atoms with Crippen molar-refractivity contribution in [2.45, 2.75) is 24.1 Å². The van der Waals surface area contributed by atoms with E-state index in [0.717, 1.165) is 11.3 Å². The van der Waals surface area contributed by atoms with Crippen LogP contribution in [0.3, 0.4) is 0 Å². The van der Waals surface area contributed by atoms with E-state index in [1.54, 1.807) is 26.0 Å². The Morgan fingerprint density at radius 3 is 2.46 bits per heavy atom. The molecule has 154 valence electrons. The van der Waals surface area contributed by atoms with Crippen molar-refractivity contribution in [3.63, 3.8) is 0 Å². The summed E-state index contributed by atoms with van der Waals surface area (Å²) < 4.78 is 26.9. The zero-order chi connectivity index (χ0) is 21.1. The minimum atomic E-state index is -4.09. The van der Waals surface area contributed by atoms with Gasteiger partial charge in [-0.3, -0.25) is 0 Å². The van der Waals surface area contributed by atoms with E-state index in [4.69, 9.17) is 23.2 Å². The normalized spacial score (nSPS) is 12.8. The average molecular weight is 468 g/mol. The van der Waals surface area contributed by atoms with Crippen molar-refractivity contribution in [3.05, 3.63) is 33.6 Å². The number of hydrogen-bond acceptors (Lipinski definition) is 6. The Labute approximate surface area is 176 Å². The highest BCUT2D eigenvalue weighted by molar-refractivity contribution is 7.91. The Morgan fingerprint density at radius 1 is 1.21 bits per heavy atom. The molecule has 28 heavy (non-hydrogen) atoms. The molecular formula is C16H19Cl2N3O5S2. The third-order valence-electron chi connectivity index (χ3n) is 3.73. The summed E-state index contributed by atoms with van der Waals surface area (Å²) in [4.78, 5) is 12.1. The predicted molar refractivity (Wildman–Crippen MR) is 111 cm³/mol. The number of aliphatic hydroxyl groups excluding tert-OH is 1.